The fraction of sp³-hybridized carbons (Fsp3) is 0. The van der Waals surface area contributed by atoms with Gasteiger partial charge in [-0.1, -0.05) is 23.2 Å². The van der Waals surface area contributed by atoms with Crippen molar-refractivity contribution in [1.29, 1.82) is 0 Å². The number of carbonyl (C=O) groups excluding carboxylic acids is 1. The molecule has 25 heavy (non-hydrogen) atoms. The first-order valence-electron chi connectivity index (χ1n) is 6.00. The molecule has 0 bridgehead atoms. The number of benzene rings is 2. The van der Waals surface area contributed by atoms with Crippen molar-refractivity contribution in [2.75, 3.05) is 0 Å². The molecule has 0 heterocycles. The predicted octanol–water partition coefficient (Wildman–Crippen LogP) is 2.07. The molecule has 0 fully saturated rings. The Bertz CT molecular complexity index is 967. The molecule has 0 aliphatic heterocycles. The van der Waals surface area contributed by atoms with Gasteiger partial charge < -0.3 is 0 Å². The zero-order valence-corrected chi connectivity index (χ0v) is 14.6. The van der Waals surface area contributed by atoms with E-state index < -0.39 is 35.8 Å². The Morgan fingerprint density at radius 3 is 1.36 bits per heavy atom. The van der Waals surface area contributed by atoms with E-state index in [1.54, 1.807) is 0 Å². The zero-order chi connectivity index (χ0) is 18.3. The van der Waals surface area contributed by atoms with E-state index in [4.69, 9.17) is 32.3 Å². The van der Waals surface area contributed by atoms with Gasteiger partial charge in [0.05, 0.1) is 10.0 Å². The molecule has 130 valence electrons. The molecule has 0 radical (unpaired) electrons. The average molecular weight is 435 g/mol. The van der Waals surface area contributed by atoms with Gasteiger partial charge in [-0.15, -0.1) is 0 Å². The molecule has 0 saturated carbocycles. The van der Waals surface area contributed by atoms with E-state index in [0.717, 1.165) is 24.3 Å². The number of rotatable bonds is 4. The van der Waals surface area contributed by atoms with Gasteiger partial charge >= 0.3 is 29.6 Å². The maximum atomic E-state index is 12.4. The molecule has 0 atom stereocenters. The van der Waals surface area contributed by atoms with Gasteiger partial charge in [0, 0.05) is 11.1 Å². The number of hydrogen-bond donors (Lipinski definition) is 2. The van der Waals surface area contributed by atoms with E-state index in [0.29, 0.717) is 0 Å². The molecule has 2 aromatic rings. The predicted molar refractivity (Wildman–Crippen MR) is 93.1 cm³/mol. The van der Waals surface area contributed by atoms with Gasteiger partial charge in [0.2, 0.25) is 0 Å². The topological polar surface area (TPSA) is 126 Å². The number of ketones is 1. The second-order valence-corrected chi connectivity index (χ2v) is 8.16. The van der Waals surface area contributed by atoms with Crippen LogP contribution in [-0.4, -0.2) is 61.3 Å². The van der Waals surface area contributed by atoms with E-state index in [-0.39, 0.29) is 50.7 Å². The molecule has 2 N–H and O–H groups in total. The van der Waals surface area contributed by atoms with E-state index in [2.05, 4.69) is 0 Å². The van der Waals surface area contributed by atoms with Crippen molar-refractivity contribution < 1.29 is 30.7 Å². The Morgan fingerprint density at radius 2 is 1.08 bits per heavy atom. The van der Waals surface area contributed by atoms with Crippen molar-refractivity contribution >= 4 is 78.8 Å². The van der Waals surface area contributed by atoms with Gasteiger partial charge in [-0.3, -0.25) is 13.9 Å². The van der Waals surface area contributed by atoms with Crippen molar-refractivity contribution in [1.82, 2.24) is 0 Å². The molecule has 0 saturated heterocycles. The fourth-order valence-corrected chi connectivity index (χ4v) is 3.85. The standard InChI is InChI=1S/C13H8Cl2O7S2.Na.H/c14-9-3-1-7(5-11(9)23(17,18)19)13(16)8-2-4-10(15)12(6-8)24(20,21)22;;/h1-6H,(H,17,18,19)(H,20,21,22);;. The number of hydrogen-bond acceptors (Lipinski definition) is 5. The molecule has 0 aromatic heterocycles. The molecule has 2 rings (SSSR count). The Hall–Kier alpha value is -0.490. The van der Waals surface area contributed by atoms with E-state index in [1.165, 1.54) is 12.1 Å². The summed E-state index contributed by atoms with van der Waals surface area (Å²) in [6.45, 7) is 0. The average Bonchev–Trinajstić information content (AvgIpc) is 2.45. The maximum absolute atomic E-state index is 12.4. The van der Waals surface area contributed by atoms with Crippen LogP contribution in [0.1, 0.15) is 15.9 Å². The molecule has 0 aliphatic carbocycles. The molecular formula is C13H9Cl2NaO7S2. The Balaban J connectivity index is 0.00000312. The minimum absolute atomic E-state index is 0. The zero-order valence-electron chi connectivity index (χ0n) is 11.5. The van der Waals surface area contributed by atoms with Crippen LogP contribution >= 0.6 is 23.2 Å². The normalized spacial score (nSPS) is 11.7. The summed E-state index contributed by atoms with van der Waals surface area (Å²) in [6, 6.07) is 6.28. The van der Waals surface area contributed by atoms with E-state index in [1.807, 2.05) is 0 Å². The van der Waals surface area contributed by atoms with Gasteiger partial charge in [0.15, 0.2) is 5.78 Å². The Labute approximate surface area is 175 Å². The third kappa shape index (κ3) is 5.25. The van der Waals surface area contributed by atoms with E-state index >= 15 is 0 Å². The first-order valence-corrected chi connectivity index (χ1v) is 9.63. The minimum atomic E-state index is -4.65. The van der Waals surface area contributed by atoms with Crippen LogP contribution in [0.5, 0.6) is 0 Å². The summed E-state index contributed by atoms with van der Waals surface area (Å²) in [7, 11) is -9.30. The van der Waals surface area contributed by atoms with Gasteiger partial charge in [-0.2, -0.15) is 16.8 Å². The van der Waals surface area contributed by atoms with Crippen LogP contribution in [0.25, 0.3) is 0 Å². The van der Waals surface area contributed by atoms with Crippen LogP contribution in [0.2, 0.25) is 10.0 Å². The molecule has 0 unspecified atom stereocenters. The molecule has 7 nitrogen and oxygen atoms in total. The number of halogens is 2. The summed E-state index contributed by atoms with van der Waals surface area (Å²) >= 11 is 11.3. The van der Waals surface area contributed by atoms with Crippen LogP contribution in [-0.2, 0) is 20.2 Å². The Morgan fingerprint density at radius 1 is 0.760 bits per heavy atom. The van der Waals surface area contributed by atoms with Gasteiger partial charge in [-0.05, 0) is 36.4 Å². The summed E-state index contributed by atoms with van der Waals surface area (Å²) < 4.78 is 63.1. The number of carbonyl (C=O) groups is 1. The van der Waals surface area contributed by atoms with Gasteiger partial charge in [0.25, 0.3) is 20.2 Å². The van der Waals surface area contributed by atoms with Crippen LogP contribution in [0.4, 0.5) is 0 Å². The second kappa shape index (κ2) is 8.03. The van der Waals surface area contributed by atoms with Crippen LogP contribution in [0, 0.1) is 0 Å². The first-order chi connectivity index (χ1) is 10.9. The quantitative estimate of drug-likeness (QED) is 0.428. The second-order valence-electron chi connectivity index (χ2n) is 4.57. The third-order valence-corrected chi connectivity index (χ3v) is 5.61. The van der Waals surface area contributed by atoms with Gasteiger partial charge in [0.1, 0.15) is 9.79 Å². The first kappa shape index (κ1) is 22.6. The van der Waals surface area contributed by atoms with Crippen molar-refractivity contribution in [3.63, 3.8) is 0 Å². The molecule has 0 spiro atoms. The molecule has 0 aliphatic rings. The fourth-order valence-electron chi connectivity index (χ4n) is 1.85. The van der Waals surface area contributed by atoms with Crippen molar-refractivity contribution in [3.8, 4) is 0 Å². The van der Waals surface area contributed by atoms with Gasteiger partial charge in [-0.25, -0.2) is 0 Å². The third-order valence-electron chi connectivity index (χ3n) is 2.94. The van der Waals surface area contributed by atoms with Crippen molar-refractivity contribution in [2.24, 2.45) is 0 Å². The summed E-state index contributed by atoms with van der Waals surface area (Å²) in [5, 5.41) is -0.576. The molecule has 12 heteroatoms. The van der Waals surface area contributed by atoms with Crippen LogP contribution in [0.15, 0.2) is 46.2 Å². The Kier molecular flexibility index (Phi) is 7.25. The molecule has 2 aromatic carbocycles. The van der Waals surface area contributed by atoms with Crippen molar-refractivity contribution in [3.05, 3.63) is 57.6 Å². The van der Waals surface area contributed by atoms with Crippen LogP contribution in [0.3, 0.4) is 0 Å². The summed E-state index contributed by atoms with van der Waals surface area (Å²) in [4.78, 5) is 11.1. The van der Waals surface area contributed by atoms with E-state index in [9.17, 15) is 21.6 Å². The SMILES string of the molecule is O=C(c1ccc(Cl)c(S(=O)(=O)O)c1)c1ccc(Cl)c(S(=O)(=O)O)c1.[NaH]. The molecule has 0 amide bonds. The summed E-state index contributed by atoms with van der Waals surface area (Å²) in [5.74, 6) is -0.766. The van der Waals surface area contributed by atoms with Crippen LogP contribution < -0.4 is 0 Å². The monoisotopic (exact) mass is 434 g/mol. The van der Waals surface area contributed by atoms with Crippen molar-refractivity contribution in [2.45, 2.75) is 9.79 Å². The summed E-state index contributed by atoms with van der Waals surface area (Å²) in [6.07, 6.45) is 0. The summed E-state index contributed by atoms with van der Waals surface area (Å²) in [5.41, 5.74) is -0.341. The molecular weight excluding hydrogens is 426 g/mol.